The molecule has 2 aliphatic heterocycles. The van der Waals surface area contributed by atoms with Gasteiger partial charge in [-0.15, -0.1) is 0 Å². The van der Waals surface area contributed by atoms with Crippen LogP contribution in [0.25, 0.3) is 6.08 Å². The van der Waals surface area contributed by atoms with Crippen LogP contribution >= 0.6 is 11.8 Å². The van der Waals surface area contributed by atoms with Gasteiger partial charge in [-0.1, -0.05) is 29.8 Å². The Morgan fingerprint density at radius 1 is 0.966 bits per heavy atom. The Morgan fingerprint density at radius 3 is 2.28 bits per heavy atom. The second-order valence-corrected chi connectivity index (χ2v) is 8.24. The molecule has 0 spiro atoms. The molecule has 0 bridgehead atoms. The average molecular weight is 412 g/mol. The van der Waals surface area contributed by atoms with Gasteiger partial charge in [0, 0.05) is 31.9 Å². The summed E-state index contributed by atoms with van der Waals surface area (Å²) in [6.07, 6.45) is 1.64. The van der Waals surface area contributed by atoms with E-state index in [0.29, 0.717) is 17.1 Å². The molecule has 0 saturated carbocycles. The molecule has 150 valence electrons. The van der Waals surface area contributed by atoms with Crippen molar-refractivity contribution in [3.8, 4) is 0 Å². The first-order valence-electron chi connectivity index (χ1n) is 9.54. The molecule has 0 N–H and O–H groups in total. The number of anilines is 1. The number of piperazine rings is 1. The summed E-state index contributed by atoms with van der Waals surface area (Å²) in [6, 6.07) is 14.3. The fourth-order valence-electron chi connectivity index (χ4n) is 3.44. The number of hydrogen-bond donors (Lipinski definition) is 0. The monoisotopic (exact) mass is 411 g/mol. The minimum Gasteiger partial charge on any atom is -0.369 e. The lowest BCUT2D eigenvalue weighted by molar-refractivity contribution is -0.124. The van der Waals surface area contributed by atoms with E-state index in [4.69, 9.17) is 0 Å². The van der Waals surface area contributed by atoms with Gasteiger partial charge in [0.2, 0.25) is 0 Å². The van der Waals surface area contributed by atoms with Crippen molar-refractivity contribution in [2.75, 3.05) is 37.7 Å². The molecule has 2 aromatic rings. The molecule has 2 heterocycles. The lowest BCUT2D eigenvalue weighted by Gasteiger charge is -2.37. The number of thioether (sulfide) groups is 1. The Balaban J connectivity index is 1.36. The van der Waals surface area contributed by atoms with Crippen LogP contribution in [0.1, 0.15) is 11.1 Å². The van der Waals surface area contributed by atoms with Crippen molar-refractivity contribution in [3.05, 3.63) is 70.4 Å². The lowest BCUT2D eigenvalue weighted by atomic mass is 10.2. The molecule has 4 rings (SSSR count). The first-order valence-corrected chi connectivity index (χ1v) is 10.4. The maximum absolute atomic E-state index is 13.1. The Labute approximate surface area is 173 Å². The summed E-state index contributed by atoms with van der Waals surface area (Å²) in [4.78, 5) is 31.2. The highest BCUT2D eigenvalue weighted by Crippen LogP contribution is 2.32. The average Bonchev–Trinajstić information content (AvgIpc) is 2.98. The van der Waals surface area contributed by atoms with Gasteiger partial charge >= 0.3 is 0 Å². The van der Waals surface area contributed by atoms with E-state index in [0.717, 1.165) is 37.9 Å². The summed E-state index contributed by atoms with van der Waals surface area (Å²) in [5.41, 5.74) is 3.13. The number of carbonyl (C=O) groups excluding carboxylic acids is 2. The van der Waals surface area contributed by atoms with Gasteiger partial charge in [-0.3, -0.25) is 19.4 Å². The summed E-state index contributed by atoms with van der Waals surface area (Å²) in [5, 5.41) is -0.260. The van der Waals surface area contributed by atoms with Gasteiger partial charge in [0.05, 0.1) is 11.6 Å². The molecule has 2 saturated heterocycles. The third kappa shape index (κ3) is 4.52. The van der Waals surface area contributed by atoms with E-state index in [1.54, 1.807) is 18.2 Å². The Bertz CT molecular complexity index is 936. The SMILES string of the molecule is Cc1ccc(N2CCN(CN3C(=O)S/C(=C/c4ccc(F)cc4)C3=O)CC2)cc1. The van der Waals surface area contributed by atoms with Gasteiger partial charge in [0.15, 0.2) is 0 Å². The second-order valence-electron chi connectivity index (χ2n) is 7.24. The molecular weight excluding hydrogens is 389 g/mol. The standard InChI is InChI=1S/C22H22FN3O2S/c1-16-2-8-19(9-3-16)25-12-10-24(11-13-25)15-26-21(27)20(29-22(26)28)14-17-4-6-18(23)7-5-17/h2-9,14H,10-13,15H2,1H3/b20-14+. The maximum atomic E-state index is 13.1. The largest absolute Gasteiger partial charge is 0.369 e. The molecular formula is C22H22FN3O2S. The maximum Gasteiger partial charge on any atom is 0.294 e. The third-order valence-electron chi connectivity index (χ3n) is 5.15. The first-order chi connectivity index (χ1) is 14.0. The number of carbonyl (C=O) groups is 2. The van der Waals surface area contributed by atoms with Crippen molar-refractivity contribution >= 4 is 34.7 Å². The van der Waals surface area contributed by atoms with Crippen molar-refractivity contribution in [2.45, 2.75) is 6.92 Å². The number of nitrogens with zero attached hydrogens (tertiary/aromatic N) is 3. The molecule has 0 radical (unpaired) electrons. The van der Waals surface area contributed by atoms with Gasteiger partial charge in [0.1, 0.15) is 5.82 Å². The molecule has 0 unspecified atom stereocenters. The van der Waals surface area contributed by atoms with Crippen molar-refractivity contribution in [1.29, 1.82) is 0 Å². The predicted molar refractivity (Wildman–Crippen MR) is 114 cm³/mol. The van der Waals surface area contributed by atoms with Crippen molar-refractivity contribution in [3.63, 3.8) is 0 Å². The van der Waals surface area contributed by atoms with Crippen LogP contribution in [0.2, 0.25) is 0 Å². The molecule has 2 fully saturated rings. The van der Waals surface area contributed by atoms with Gasteiger partial charge in [0.25, 0.3) is 11.1 Å². The van der Waals surface area contributed by atoms with E-state index in [1.165, 1.54) is 28.3 Å². The number of rotatable bonds is 4. The fraction of sp³-hybridized carbons (Fsp3) is 0.273. The number of benzene rings is 2. The summed E-state index contributed by atoms with van der Waals surface area (Å²) < 4.78 is 13.1. The molecule has 7 heteroatoms. The van der Waals surface area contributed by atoms with E-state index in [1.807, 2.05) is 0 Å². The van der Waals surface area contributed by atoms with Crippen molar-refractivity contribution in [1.82, 2.24) is 9.80 Å². The van der Waals surface area contributed by atoms with E-state index >= 15 is 0 Å². The normalized spacial score (nSPS) is 19.4. The molecule has 29 heavy (non-hydrogen) atoms. The van der Waals surface area contributed by atoms with Crippen LogP contribution in [0.3, 0.4) is 0 Å². The minimum absolute atomic E-state index is 0.260. The zero-order chi connectivity index (χ0) is 20.4. The fourth-order valence-corrected chi connectivity index (χ4v) is 4.27. The number of imide groups is 1. The molecule has 0 atom stereocenters. The molecule has 0 aliphatic carbocycles. The topological polar surface area (TPSA) is 43.9 Å². The van der Waals surface area contributed by atoms with Crippen LogP contribution in [0.15, 0.2) is 53.4 Å². The molecule has 2 aliphatic rings. The first kappa shape index (κ1) is 19.7. The molecule has 2 aromatic carbocycles. The number of hydrogen-bond acceptors (Lipinski definition) is 5. The van der Waals surface area contributed by atoms with Crippen molar-refractivity contribution in [2.24, 2.45) is 0 Å². The molecule has 5 nitrogen and oxygen atoms in total. The number of aryl methyl sites for hydroxylation is 1. The van der Waals surface area contributed by atoms with Crippen LogP contribution < -0.4 is 4.90 Å². The molecule has 0 aromatic heterocycles. The molecule has 2 amide bonds. The number of amides is 2. The highest BCUT2D eigenvalue weighted by Gasteiger charge is 2.36. The summed E-state index contributed by atoms with van der Waals surface area (Å²) >= 11 is 0.936. The minimum atomic E-state index is -0.333. The van der Waals surface area contributed by atoms with Crippen molar-refractivity contribution < 1.29 is 14.0 Å². The van der Waals surface area contributed by atoms with Crippen LogP contribution in [-0.2, 0) is 4.79 Å². The van der Waals surface area contributed by atoms with Crippen LogP contribution in [0.4, 0.5) is 14.9 Å². The van der Waals surface area contributed by atoms with E-state index in [9.17, 15) is 14.0 Å². The Hall–Kier alpha value is -2.64. The van der Waals surface area contributed by atoms with Gasteiger partial charge in [-0.2, -0.15) is 0 Å². The van der Waals surface area contributed by atoms with Crippen LogP contribution in [0.5, 0.6) is 0 Å². The lowest BCUT2D eigenvalue weighted by Crippen LogP contribution is -2.50. The zero-order valence-electron chi connectivity index (χ0n) is 16.2. The predicted octanol–water partition coefficient (Wildman–Crippen LogP) is 3.95. The van der Waals surface area contributed by atoms with Gasteiger partial charge in [-0.25, -0.2) is 4.39 Å². The smallest absolute Gasteiger partial charge is 0.294 e. The van der Waals surface area contributed by atoms with Crippen LogP contribution in [0, 0.1) is 12.7 Å². The second kappa shape index (κ2) is 8.39. The van der Waals surface area contributed by atoms with E-state index in [2.05, 4.69) is 41.0 Å². The Kier molecular flexibility index (Phi) is 5.69. The van der Waals surface area contributed by atoms with Gasteiger partial charge in [-0.05, 0) is 54.6 Å². The highest BCUT2D eigenvalue weighted by atomic mass is 32.2. The summed E-state index contributed by atoms with van der Waals surface area (Å²) in [5.74, 6) is -0.620. The van der Waals surface area contributed by atoms with Gasteiger partial charge < -0.3 is 4.90 Å². The van der Waals surface area contributed by atoms with E-state index in [-0.39, 0.29) is 17.0 Å². The highest BCUT2D eigenvalue weighted by molar-refractivity contribution is 8.18. The summed E-state index contributed by atoms with van der Waals surface area (Å²) in [6.45, 7) is 5.64. The number of halogens is 1. The van der Waals surface area contributed by atoms with E-state index < -0.39 is 0 Å². The third-order valence-corrected chi connectivity index (χ3v) is 6.06. The Morgan fingerprint density at radius 2 is 1.62 bits per heavy atom. The quantitative estimate of drug-likeness (QED) is 0.713. The summed E-state index contributed by atoms with van der Waals surface area (Å²) in [7, 11) is 0. The van der Waals surface area contributed by atoms with Crippen LogP contribution in [-0.4, -0.2) is 53.8 Å². The zero-order valence-corrected chi connectivity index (χ0v) is 17.0.